The molecule has 0 aromatic carbocycles. The van der Waals surface area contributed by atoms with Gasteiger partial charge in [-0.25, -0.2) is 0 Å². The van der Waals surface area contributed by atoms with Crippen LogP contribution in [0.2, 0.25) is 0 Å². The minimum absolute atomic E-state index is 0.127. The molecule has 2 aliphatic rings. The van der Waals surface area contributed by atoms with Crippen LogP contribution < -0.4 is 5.32 Å². The van der Waals surface area contributed by atoms with Gasteiger partial charge in [-0.05, 0) is 25.2 Å². The molecule has 0 saturated carbocycles. The smallest absolute Gasteiger partial charge is 0.223 e. The summed E-state index contributed by atoms with van der Waals surface area (Å²) in [5.74, 6) is 1.10. The molecule has 2 heterocycles. The Balaban J connectivity index is 1.55. The number of likely N-dealkylation sites (tertiary alicyclic amines) is 1. The maximum atomic E-state index is 12.3. The third-order valence-corrected chi connectivity index (χ3v) is 4.35. The summed E-state index contributed by atoms with van der Waals surface area (Å²) in [6, 6.07) is 1.99. The van der Waals surface area contributed by atoms with Crippen molar-refractivity contribution in [2.45, 2.75) is 38.6 Å². The first-order valence-corrected chi connectivity index (χ1v) is 7.89. The van der Waals surface area contributed by atoms with E-state index in [0.29, 0.717) is 24.7 Å². The number of carbonyl (C=O) groups excluding carboxylic acids is 2. The van der Waals surface area contributed by atoms with Crippen LogP contribution in [0.15, 0.2) is 24.4 Å². The molecule has 3 rings (SSSR count). The van der Waals surface area contributed by atoms with Gasteiger partial charge in [0.1, 0.15) is 0 Å². The summed E-state index contributed by atoms with van der Waals surface area (Å²) < 4.78 is 1.86. The molecule has 1 aliphatic carbocycles. The monoisotopic (exact) mass is 302 g/mol. The van der Waals surface area contributed by atoms with Crippen LogP contribution in [0, 0.1) is 5.92 Å². The van der Waals surface area contributed by atoms with Crippen LogP contribution in [-0.2, 0) is 9.59 Å². The Morgan fingerprint density at radius 1 is 1.41 bits per heavy atom. The minimum Gasteiger partial charge on any atom is -0.340 e. The van der Waals surface area contributed by atoms with E-state index in [1.165, 1.54) is 6.92 Å². The van der Waals surface area contributed by atoms with Crippen LogP contribution >= 0.6 is 0 Å². The molecule has 0 bridgehead atoms. The number of anilines is 1. The highest BCUT2D eigenvalue weighted by Crippen LogP contribution is 2.26. The van der Waals surface area contributed by atoms with Crippen molar-refractivity contribution in [3.63, 3.8) is 0 Å². The van der Waals surface area contributed by atoms with Crippen molar-refractivity contribution < 1.29 is 9.59 Å². The van der Waals surface area contributed by atoms with E-state index >= 15 is 0 Å². The molecular weight excluding hydrogens is 280 g/mol. The molecule has 1 fully saturated rings. The van der Waals surface area contributed by atoms with Gasteiger partial charge in [0, 0.05) is 38.7 Å². The van der Waals surface area contributed by atoms with Crippen LogP contribution in [0.4, 0.5) is 5.82 Å². The molecule has 1 aromatic rings. The molecule has 1 N–H and O–H groups in total. The van der Waals surface area contributed by atoms with E-state index in [2.05, 4.69) is 22.6 Å². The molecule has 1 aliphatic heterocycles. The van der Waals surface area contributed by atoms with E-state index in [9.17, 15) is 9.59 Å². The van der Waals surface area contributed by atoms with Crippen LogP contribution in [0.3, 0.4) is 0 Å². The average molecular weight is 302 g/mol. The maximum absolute atomic E-state index is 12.3. The molecule has 0 unspecified atom stereocenters. The molecule has 0 radical (unpaired) electrons. The second kappa shape index (κ2) is 6.34. The quantitative estimate of drug-likeness (QED) is 0.865. The van der Waals surface area contributed by atoms with E-state index in [1.54, 1.807) is 6.07 Å². The molecule has 118 valence electrons. The molecule has 6 nitrogen and oxygen atoms in total. The molecule has 0 spiro atoms. The first kappa shape index (κ1) is 14.8. The molecule has 6 heteroatoms. The average Bonchev–Trinajstić information content (AvgIpc) is 3.18. The van der Waals surface area contributed by atoms with Crippen molar-refractivity contribution >= 4 is 17.6 Å². The predicted octanol–water partition coefficient (Wildman–Crippen LogP) is 1.97. The summed E-state index contributed by atoms with van der Waals surface area (Å²) in [5, 5.41) is 7.04. The fourth-order valence-electron chi connectivity index (χ4n) is 3.19. The zero-order valence-corrected chi connectivity index (χ0v) is 12.9. The van der Waals surface area contributed by atoms with Crippen molar-refractivity contribution in [3.8, 4) is 0 Å². The van der Waals surface area contributed by atoms with Gasteiger partial charge in [0.2, 0.25) is 11.8 Å². The molecule has 22 heavy (non-hydrogen) atoms. The highest BCUT2D eigenvalue weighted by atomic mass is 16.2. The number of hydrogen-bond donors (Lipinski definition) is 1. The van der Waals surface area contributed by atoms with Gasteiger partial charge in [-0.3, -0.25) is 14.3 Å². The van der Waals surface area contributed by atoms with E-state index in [1.807, 2.05) is 15.8 Å². The van der Waals surface area contributed by atoms with Gasteiger partial charge >= 0.3 is 0 Å². The Morgan fingerprint density at radius 2 is 2.27 bits per heavy atom. The normalized spacial score (nSPS) is 24.0. The lowest BCUT2D eigenvalue weighted by atomic mass is 10.0. The minimum atomic E-state index is -0.127. The number of allylic oxidation sites excluding steroid dienone is 2. The van der Waals surface area contributed by atoms with Crippen LogP contribution in [-0.4, -0.2) is 39.6 Å². The first-order valence-electron chi connectivity index (χ1n) is 7.89. The SMILES string of the molecule is CC(=O)Nc1ccn([C@H]2CCN(C(=O)C[C@H]3C=CCC3)C2)n1. The van der Waals surface area contributed by atoms with E-state index in [0.717, 1.165) is 25.8 Å². The highest BCUT2D eigenvalue weighted by molar-refractivity contribution is 5.87. The van der Waals surface area contributed by atoms with Gasteiger partial charge in [-0.2, -0.15) is 5.10 Å². The summed E-state index contributed by atoms with van der Waals surface area (Å²) >= 11 is 0. The van der Waals surface area contributed by atoms with Gasteiger partial charge in [-0.15, -0.1) is 0 Å². The fourth-order valence-corrected chi connectivity index (χ4v) is 3.19. The van der Waals surface area contributed by atoms with E-state index in [-0.39, 0.29) is 17.9 Å². The van der Waals surface area contributed by atoms with Crippen molar-refractivity contribution in [2.75, 3.05) is 18.4 Å². The van der Waals surface area contributed by atoms with E-state index in [4.69, 9.17) is 0 Å². The molecular formula is C16H22N4O2. The fraction of sp³-hybridized carbons (Fsp3) is 0.562. The summed E-state index contributed by atoms with van der Waals surface area (Å²) in [4.78, 5) is 25.3. The molecule has 1 aromatic heterocycles. The summed E-state index contributed by atoms with van der Waals surface area (Å²) in [6.07, 6.45) is 9.93. The summed E-state index contributed by atoms with van der Waals surface area (Å²) in [7, 11) is 0. The van der Waals surface area contributed by atoms with Crippen LogP contribution in [0.5, 0.6) is 0 Å². The maximum Gasteiger partial charge on any atom is 0.223 e. The first-order chi connectivity index (χ1) is 10.6. The number of amides is 2. The lowest BCUT2D eigenvalue weighted by molar-refractivity contribution is -0.130. The second-order valence-corrected chi connectivity index (χ2v) is 6.11. The lowest BCUT2D eigenvalue weighted by Crippen LogP contribution is -2.30. The predicted molar refractivity (Wildman–Crippen MR) is 83.2 cm³/mol. The van der Waals surface area contributed by atoms with Crippen molar-refractivity contribution in [1.29, 1.82) is 0 Å². The zero-order chi connectivity index (χ0) is 15.5. The number of rotatable bonds is 4. The molecule has 2 amide bonds. The number of aromatic nitrogens is 2. The Bertz CT molecular complexity index is 593. The van der Waals surface area contributed by atoms with Crippen molar-refractivity contribution in [1.82, 2.24) is 14.7 Å². The number of carbonyl (C=O) groups is 2. The van der Waals surface area contributed by atoms with Gasteiger partial charge in [0.15, 0.2) is 5.82 Å². The third kappa shape index (κ3) is 3.37. The number of hydrogen-bond acceptors (Lipinski definition) is 3. The van der Waals surface area contributed by atoms with Gasteiger partial charge in [0.05, 0.1) is 6.04 Å². The lowest BCUT2D eigenvalue weighted by Gasteiger charge is -2.18. The largest absolute Gasteiger partial charge is 0.340 e. The Kier molecular flexibility index (Phi) is 4.27. The highest BCUT2D eigenvalue weighted by Gasteiger charge is 2.29. The van der Waals surface area contributed by atoms with Crippen molar-refractivity contribution in [3.05, 3.63) is 24.4 Å². The van der Waals surface area contributed by atoms with Crippen molar-refractivity contribution in [2.24, 2.45) is 5.92 Å². The Morgan fingerprint density at radius 3 is 3.00 bits per heavy atom. The van der Waals surface area contributed by atoms with Gasteiger partial charge in [0.25, 0.3) is 0 Å². The molecule has 2 atom stereocenters. The zero-order valence-electron chi connectivity index (χ0n) is 12.9. The summed E-state index contributed by atoms with van der Waals surface area (Å²) in [6.45, 7) is 2.96. The van der Waals surface area contributed by atoms with Gasteiger partial charge in [-0.1, -0.05) is 12.2 Å². The Labute approximate surface area is 130 Å². The number of nitrogens with one attached hydrogen (secondary N) is 1. The van der Waals surface area contributed by atoms with Crippen LogP contribution in [0.25, 0.3) is 0 Å². The summed E-state index contributed by atoms with van der Waals surface area (Å²) in [5.41, 5.74) is 0. The number of nitrogens with zero attached hydrogens (tertiary/aromatic N) is 3. The topological polar surface area (TPSA) is 67.2 Å². The second-order valence-electron chi connectivity index (χ2n) is 6.11. The van der Waals surface area contributed by atoms with Crippen LogP contribution in [0.1, 0.15) is 38.6 Å². The Hall–Kier alpha value is -2.11. The van der Waals surface area contributed by atoms with E-state index < -0.39 is 0 Å². The standard InChI is InChI=1S/C16H22N4O2/c1-12(21)17-15-7-9-20(18-15)14-6-8-19(11-14)16(22)10-13-4-2-3-5-13/h2,4,7,9,13-14H,3,5-6,8,10-11H2,1H3,(H,17,18,21)/t13-,14-/m0/s1. The molecule has 1 saturated heterocycles. The third-order valence-electron chi connectivity index (χ3n) is 4.35. The van der Waals surface area contributed by atoms with Gasteiger partial charge < -0.3 is 10.2 Å².